The maximum atomic E-state index is 10.1. The second-order valence-electron chi connectivity index (χ2n) is 3.64. The first kappa shape index (κ1) is 20.7. The van der Waals surface area contributed by atoms with Crippen LogP contribution in [0.2, 0.25) is 0 Å². The minimum atomic E-state index is -5.64. The van der Waals surface area contributed by atoms with Crippen molar-refractivity contribution in [1.82, 2.24) is 0 Å². The zero-order valence-electron chi connectivity index (χ0n) is 11.0. The monoisotopic (exact) mass is 302 g/mol. The van der Waals surface area contributed by atoms with Gasteiger partial charge in [-0.15, -0.1) is 21.6 Å². The molecule has 19 heavy (non-hydrogen) atoms. The Morgan fingerprint density at radius 2 is 1.42 bits per heavy atom. The van der Waals surface area contributed by atoms with E-state index in [2.05, 4.69) is 13.2 Å². The lowest BCUT2D eigenvalue weighted by Gasteiger charge is -2.15. The summed E-state index contributed by atoms with van der Waals surface area (Å²) in [6.07, 6.45) is 2.68. The standard InChI is InChI=1S/C11H20O3.F2HO2P/c1-5-9(3)13-7-11(12)8-14-10(4)6-2;1-5(2,3)4/h5-6,9-12H,1-2,7-8H2,3-4H3;(H,3,4). The van der Waals surface area contributed by atoms with Gasteiger partial charge in [0.2, 0.25) is 0 Å². The van der Waals surface area contributed by atoms with Crippen LogP contribution in [0.3, 0.4) is 0 Å². The number of hydrogen-bond acceptors (Lipinski definition) is 4. The van der Waals surface area contributed by atoms with Gasteiger partial charge >= 0.3 is 7.99 Å². The Labute approximate surface area is 112 Å². The van der Waals surface area contributed by atoms with E-state index < -0.39 is 14.1 Å². The molecule has 0 aromatic rings. The Bertz CT molecular complexity index is 269. The second kappa shape index (κ2) is 11.3. The maximum Gasteiger partial charge on any atom is 0.549 e. The van der Waals surface area contributed by atoms with E-state index in [0.717, 1.165) is 0 Å². The highest BCUT2D eigenvalue weighted by atomic mass is 31.2. The van der Waals surface area contributed by atoms with Crippen LogP contribution in [0.4, 0.5) is 8.39 Å². The van der Waals surface area contributed by atoms with E-state index in [1.54, 1.807) is 12.2 Å². The molecule has 0 aromatic heterocycles. The summed E-state index contributed by atoms with van der Waals surface area (Å²) in [4.78, 5) is 6.74. The van der Waals surface area contributed by atoms with Gasteiger partial charge in [-0.3, -0.25) is 4.89 Å². The largest absolute Gasteiger partial charge is 0.549 e. The Hall–Kier alpha value is -0.590. The van der Waals surface area contributed by atoms with Crippen molar-refractivity contribution in [2.24, 2.45) is 0 Å². The summed E-state index contributed by atoms with van der Waals surface area (Å²) in [5, 5.41) is 9.42. The molecule has 0 saturated heterocycles. The fourth-order valence-corrected chi connectivity index (χ4v) is 0.710. The molecule has 8 heteroatoms. The van der Waals surface area contributed by atoms with Gasteiger partial charge in [0.05, 0.1) is 25.4 Å². The highest BCUT2D eigenvalue weighted by Crippen LogP contribution is 2.43. The van der Waals surface area contributed by atoms with Gasteiger partial charge in [-0.25, -0.2) is 4.57 Å². The summed E-state index contributed by atoms with van der Waals surface area (Å²) in [5.74, 6) is 0. The number of rotatable bonds is 8. The quantitative estimate of drug-likeness (QED) is 0.532. The van der Waals surface area contributed by atoms with Gasteiger partial charge in [-0.2, -0.15) is 0 Å². The van der Waals surface area contributed by atoms with Crippen molar-refractivity contribution in [3.63, 3.8) is 0 Å². The van der Waals surface area contributed by atoms with Crippen LogP contribution in [0.1, 0.15) is 13.8 Å². The Balaban J connectivity index is 0. The topological polar surface area (TPSA) is 76.0 Å². The number of aliphatic hydroxyl groups excluding tert-OH is 1. The Morgan fingerprint density at radius 3 is 1.63 bits per heavy atom. The third kappa shape index (κ3) is 23.0. The molecule has 0 radical (unpaired) electrons. The molecule has 0 aliphatic carbocycles. The third-order valence-corrected chi connectivity index (χ3v) is 1.77. The molecule has 0 heterocycles. The van der Waals surface area contributed by atoms with Crippen LogP contribution in [-0.2, 0) is 14.0 Å². The highest BCUT2D eigenvalue weighted by molar-refractivity contribution is 7.46. The molecule has 2 unspecified atom stereocenters. The van der Waals surface area contributed by atoms with Gasteiger partial charge in [0.25, 0.3) is 0 Å². The van der Waals surface area contributed by atoms with Crippen molar-refractivity contribution in [1.29, 1.82) is 0 Å². The second-order valence-corrected chi connectivity index (χ2v) is 4.51. The van der Waals surface area contributed by atoms with Gasteiger partial charge < -0.3 is 14.6 Å². The molecule has 0 bridgehead atoms. The normalized spacial score (nSPS) is 15.7. The van der Waals surface area contributed by atoms with Crippen molar-refractivity contribution in [2.45, 2.75) is 32.2 Å². The first-order valence-electron chi connectivity index (χ1n) is 5.48. The summed E-state index contributed by atoms with van der Waals surface area (Å²) in [5.41, 5.74) is 0. The van der Waals surface area contributed by atoms with Crippen molar-refractivity contribution in [3.05, 3.63) is 25.3 Å². The van der Waals surface area contributed by atoms with Gasteiger partial charge in [-0.1, -0.05) is 12.2 Å². The van der Waals surface area contributed by atoms with E-state index in [9.17, 15) is 13.5 Å². The average molecular weight is 302 g/mol. The molecule has 0 aliphatic rings. The van der Waals surface area contributed by atoms with Crippen LogP contribution in [-0.4, -0.2) is 41.5 Å². The zero-order chi connectivity index (χ0) is 15.5. The molecule has 5 nitrogen and oxygen atoms in total. The van der Waals surface area contributed by atoms with Crippen molar-refractivity contribution in [2.75, 3.05) is 13.2 Å². The summed E-state index contributed by atoms with van der Waals surface area (Å²) in [7, 11) is -5.64. The van der Waals surface area contributed by atoms with Crippen LogP contribution in [0.15, 0.2) is 25.3 Å². The van der Waals surface area contributed by atoms with E-state index in [0.29, 0.717) is 0 Å². The van der Waals surface area contributed by atoms with Gasteiger partial charge in [0, 0.05) is 0 Å². The number of hydrogen-bond donors (Lipinski definition) is 2. The fourth-order valence-electron chi connectivity index (χ4n) is 0.710. The first-order valence-corrected chi connectivity index (χ1v) is 6.92. The molecule has 0 spiro atoms. The predicted octanol–water partition coefficient (Wildman–Crippen LogP) is 2.56. The smallest absolute Gasteiger partial charge is 0.388 e. The third-order valence-electron chi connectivity index (χ3n) is 1.77. The SMILES string of the molecule is C=CC(C)OCC(O)COC(C)C=C.O=P(O)(F)F. The summed E-state index contributed by atoms with van der Waals surface area (Å²) >= 11 is 0. The van der Waals surface area contributed by atoms with Crippen molar-refractivity contribution in [3.8, 4) is 0 Å². The highest BCUT2D eigenvalue weighted by Gasteiger charge is 2.09. The number of aliphatic hydroxyl groups is 1. The number of halogens is 2. The molecule has 2 N–H and O–H groups in total. The van der Waals surface area contributed by atoms with E-state index in [1.807, 2.05) is 13.8 Å². The van der Waals surface area contributed by atoms with E-state index in [-0.39, 0.29) is 25.4 Å². The molecule has 0 aliphatic heterocycles. The minimum Gasteiger partial charge on any atom is -0.388 e. The lowest BCUT2D eigenvalue weighted by molar-refractivity contribution is -0.0386. The van der Waals surface area contributed by atoms with E-state index >= 15 is 0 Å². The molecule has 114 valence electrons. The molecule has 0 rings (SSSR count). The Kier molecular flexibility index (Phi) is 12.3. The molecule has 2 atom stereocenters. The van der Waals surface area contributed by atoms with Crippen LogP contribution in [0.25, 0.3) is 0 Å². The van der Waals surface area contributed by atoms with Crippen LogP contribution in [0.5, 0.6) is 0 Å². The van der Waals surface area contributed by atoms with E-state index in [4.69, 9.17) is 18.9 Å². The molecular formula is C11H21F2O5P. The summed E-state index contributed by atoms with van der Waals surface area (Å²) < 4.78 is 39.2. The molecule has 0 fully saturated rings. The Morgan fingerprint density at radius 1 is 1.16 bits per heavy atom. The predicted molar refractivity (Wildman–Crippen MR) is 69.3 cm³/mol. The van der Waals surface area contributed by atoms with Crippen molar-refractivity contribution >= 4 is 7.99 Å². The molecule has 0 amide bonds. The van der Waals surface area contributed by atoms with Crippen LogP contribution >= 0.6 is 7.99 Å². The average Bonchev–Trinajstić information content (AvgIpc) is 2.30. The van der Waals surface area contributed by atoms with Gasteiger partial charge in [0.15, 0.2) is 0 Å². The van der Waals surface area contributed by atoms with Gasteiger partial charge in [-0.05, 0) is 13.8 Å². The summed E-state index contributed by atoms with van der Waals surface area (Å²) in [6, 6.07) is 0. The lowest BCUT2D eigenvalue weighted by Crippen LogP contribution is -2.25. The minimum absolute atomic E-state index is 0.0403. The van der Waals surface area contributed by atoms with Gasteiger partial charge in [0.1, 0.15) is 6.10 Å². The number of ether oxygens (including phenoxy) is 2. The first-order chi connectivity index (χ1) is 8.60. The molecule has 0 saturated carbocycles. The van der Waals surface area contributed by atoms with Crippen LogP contribution < -0.4 is 0 Å². The lowest BCUT2D eigenvalue weighted by atomic mass is 10.3. The molecule has 0 aromatic carbocycles. The maximum absolute atomic E-state index is 10.1. The van der Waals surface area contributed by atoms with Crippen molar-refractivity contribution < 1.29 is 32.4 Å². The summed E-state index contributed by atoms with van der Waals surface area (Å²) in [6.45, 7) is 11.4. The zero-order valence-corrected chi connectivity index (χ0v) is 11.9. The van der Waals surface area contributed by atoms with E-state index in [1.165, 1.54) is 0 Å². The van der Waals surface area contributed by atoms with Crippen LogP contribution in [0, 0.1) is 0 Å². The molecular weight excluding hydrogens is 281 g/mol. The fraction of sp³-hybridized carbons (Fsp3) is 0.636.